The zero-order valence-electron chi connectivity index (χ0n) is 15.1. The highest BCUT2D eigenvalue weighted by Gasteiger charge is 2.41. The lowest BCUT2D eigenvalue weighted by Crippen LogP contribution is -2.41. The maximum Gasteiger partial charge on any atom is 0.269 e. The topological polar surface area (TPSA) is 46.4 Å². The predicted octanol–water partition coefficient (Wildman–Crippen LogP) is 5.42. The van der Waals surface area contributed by atoms with Crippen molar-refractivity contribution in [2.75, 3.05) is 6.54 Å². The van der Waals surface area contributed by atoms with Crippen molar-refractivity contribution in [1.82, 2.24) is 4.90 Å². The molecule has 0 bridgehead atoms. The predicted molar refractivity (Wildman–Crippen MR) is 99.6 cm³/mol. The molecule has 0 amide bonds. The summed E-state index contributed by atoms with van der Waals surface area (Å²) >= 11 is 1.92. The maximum absolute atomic E-state index is 11.3. The summed E-state index contributed by atoms with van der Waals surface area (Å²) in [6.07, 6.45) is 4.83. The fourth-order valence-corrected chi connectivity index (χ4v) is 5.00. The van der Waals surface area contributed by atoms with Crippen molar-refractivity contribution >= 4 is 17.4 Å². The van der Waals surface area contributed by atoms with E-state index >= 15 is 0 Å². The van der Waals surface area contributed by atoms with Crippen LogP contribution < -0.4 is 0 Å². The van der Waals surface area contributed by atoms with E-state index in [1.807, 2.05) is 23.9 Å². The Morgan fingerprint density at radius 2 is 2.00 bits per heavy atom. The Morgan fingerprint density at radius 1 is 1.29 bits per heavy atom. The number of hydrogen-bond donors (Lipinski definition) is 0. The minimum Gasteiger partial charge on any atom is -0.291 e. The van der Waals surface area contributed by atoms with Crippen LogP contribution in [0.2, 0.25) is 0 Å². The Hall–Kier alpha value is -1.07. The molecular formula is C19H28N2O2S. The van der Waals surface area contributed by atoms with Crippen LogP contribution in [-0.2, 0) is 0 Å². The van der Waals surface area contributed by atoms with Crippen molar-refractivity contribution in [2.45, 2.75) is 75.1 Å². The van der Waals surface area contributed by atoms with E-state index in [4.69, 9.17) is 0 Å². The van der Waals surface area contributed by atoms with Gasteiger partial charge in [-0.25, -0.2) is 0 Å². The molecule has 132 valence electrons. The monoisotopic (exact) mass is 348 g/mol. The molecule has 0 radical (unpaired) electrons. The van der Waals surface area contributed by atoms with Gasteiger partial charge in [-0.3, -0.25) is 15.0 Å². The van der Waals surface area contributed by atoms with Crippen LogP contribution in [0.1, 0.15) is 65.0 Å². The Balaban J connectivity index is 2.05. The van der Waals surface area contributed by atoms with Crippen molar-refractivity contribution in [2.24, 2.45) is 5.92 Å². The summed E-state index contributed by atoms with van der Waals surface area (Å²) in [6, 6.07) is 5.80. The summed E-state index contributed by atoms with van der Waals surface area (Å²) in [5.74, 6) is 0.574. The van der Waals surface area contributed by atoms with Crippen LogP contribution >= 0.6 is 11.8 Å². The second-order valence-corrected chi connectivity index (χ2v) is 9.40. The van der Waals surface area contributed by atoms with Gasteiger partial charge in [0.2, 0.25) is 0 Å². The third kappa shape index (κ3) is 3.62. The van der Waals surface area contributed by atoms with Crippen LogP contribution in [0.15, 0.2) is 23.1 Å². The Labute approximate surface area is 149 Å². The molecule has 1 saturated heterocycles. The molecule has 1 aromatic rings. The van der Waals surface area contributed by atoms with Crippen molar-refractivity contribution in [3.8, 4) is 0 Å². The van der Waals surface area contributed by atoms with Crippen molar-refractivity contribution < 1.29 is 4.92 Å². The Bertz CT molecular complexity index is 622. The van der Waals surface area contributed by atoms with Crippen LogP contribution in [0.25, 0.3) is 0 Å². The minimum absolute atomic E-state index is 0.0702. The van der Waals surface area contributed by atoms with Crippen LogP contribution in [0, 0.1) is 16.0 Å². The van der Waals surface area contributed by atoms with Gasteiger partial charge in [0.05, 0.1) is 4.92 Å². The van der Waals surface area contributed by atoms with Crippen LogP contribution in [0.4, 0.5) is 5.69 Å². The molecule has 2 unspecified atom stereocenters. The smallest absolute Gasteiger partial charge is 0.269 e. The lowest BCUT2D eigenvalue weighted by molar-refractivity contribution is -0.385. The van der Waals surface area contributed by atoms with Gasteiger partial charge in [0.25, 0.3) is 5.69 Å². The molecule has 3 rings (SSSR count). The van der Waals surface area contributed by atoms with Gasteiger partial charge in [-0.15, -0.1) is 11.8 Å². The van der Waals surface area contributed by atoms with E-state index in [0.717, 1.165) is 13.0 Å². The van der Waals surface area contributed by atoms with Gasteiger partial charge < -0.3 is 0 Å². The highest BCUT2D eigenvalue weighted by Crippen LogP contribution is 2.49. The lowest BCUT2D eigenvalue weighted by atomic mass is 9.89. The number of rotatable bonds is 5. The standard InChI is InChI=1S/C19H28N2O2S/c1-5-13-10-11-20(19(2,3)4)18(13)16-12-14(21(22)23)6-9-17(16)24-15-7-8-15/h6,9,12-13,15,18H,5,7-8,10-11H2,1-4H3. The van der Waals surface area contributed by atoms with E-state index < -0.39 is 0 Å². The first-order chi connectivity index (χ1) is 11.3. The van der Waals surface area contributed by atoms with Gasteiger partial charge in [0.15, 0.2) is 0 Å². The number of nitro benzene ring substituents is 1. The molecule has 2 fully saturated rings. The molecule has 1 heterocycles. The fraction of sp³-hybridized carbons (Fsp3) is 0.684. The molecule has 2 atom stereocenters. The molecule has 4 nitrogen and oxygen atoms in total. The normalized spacial score (nSPS) is 25.2. The van der Waals surface area contributed by atoms with Gasteiger partial charge in [-0.1, -0.05) is 13.3 Å². The third-order valence-electron chi connectivity index (χ3n) is 5.25. The highest BCUT2D eigenvalue weighted by atomic mass is 32.2. The molecule has 0 spiro atoms. The summed E-state index contributed by atoms with van der Waals surface area (Å²) in [5.41, 5.74) is 1.47. The molecule has 0 N–H and O–H groups in total. The molecule has 1 saturated carbocycles. The zero-order chi connectivity index (χ0) is 17.5. The van der Waals surface area contributed by atoms with Crippen LogP contribution in [-0.4, -0.2) is 27.2 Å². The molecule has 1 aliphatic carbocycles. The molecule has 2 aliphatic rings. The largest absolute Gasteiger partial charge is 0.291 e. The first kappa shape index (κ1) is 17.7. The number of hydrogen-bond acceptors (Lipinski definition) is 4. The van der Waals surface area contributed by atoms with Crippen molar-refractivity contribution in [3.63, 3.8) is 0 Å². The van der Waals surface area contributed by atoms with E-state index in [1.54, 1.807) is 6.07 Å². The second-order valence-electron chi connectivity index (χ2n) is 8.06. The Morgan fingerprint density at radius 3 is 2.54 bits per heavy atom. The molecular weight excluding hydrogens is 320 g/mol. The summed E-state index contributed by atoms with van der Waals surface area (Å²) in [5, 5.41) is 12.0. The second kappa shape index (κ2) is 6.68. The SMILES string of the molecule is CCC1CCN(C(C)(C)C)C1c1cc([N+](=O)[O-])ccc1SC1CC1. The lowest BCUT2D eigenvalue weighted by Gasteiger charge is -2.39. The average Bonchev–Trinajstić information content (AvgIpc) is 3.21. The summed E-state index contributed by atoms with van der Waals surface area (Å²) < 4.78 is 0. The maximum atomic E-state index is 11.3. The number of nitro groups is 1. The van der Waals surface area contributed by atoms with Gasteiger partial charge in [0.1, 0.15) is 0 Å². The minimum atomic E-state index is -0.258. The number of likely N-dealkylation sites (tertiary alicyclic amines) is 1. The first-order valence-corrected chi connectivity index (χ1v) is 9.91. The van der Waals surface area contributed by atoms with Gasteiger partial charge in [-0.2, -0.15) is 0 Å². The summed E-state index contributed by atoms with van der Waals surface area (Å²) in [7, 11) is 0. The number of benzene rings is 1. The van der Waals surface area contributed by atoms with Gasteiger partial charge in [-0.05, 0) is 64.1 Å². The van der Waals surface area contributed by atoms with E-state index in [-0.39, 0.29) is 22.2 Å². The average molecular weight is 349 g/mol. The highest BCUT2D eigenvalue weighted by molar-refractivity contribution is 8.00. The summed E-state index contributed by atoms with van der Waals surface area (Å²) in [4.78, 5) is 14.9. The molecule has 1 aliphatic heterocycles. The molecule has 0 aromatic heterocycles. The third-order valence-corrected chi connectivity index (χ3v) is 6.68. The van der Waals surface area contributed by atoms with Crippen LogP contribution in [0.3, 0.4) is 0 Å². The van der Waals surface area contributed by atoms with Crippen molar-refractivity contribution in [3.05, 3.63) is 33.9 Å². The number of non-ortho nitro benzene ring substituents is 1. The van der Waals surface area contributed by atoms with E-state index in [0.29, 0.717) is 11.2 Å². The number of nitrogens with zero attached hydrogens (tertiary/aromatic N) is 2. The van der Waals surface area contributed by atoms with Crippen molar-refractivity contribution in [1.29, 1.82) is 0 Å². The fourth-order valence-electron chi connectivity index (χ4n) is 3.81. The quantitative estimate of drug-likeness (QED) is 0.526. The van der Waals surface area contributed by atoms with E-state index in [9.17, 15) is 10.1 Å². The van der Waals surface area contributed by atoms with E-state index in [1.165, 1.54) is 29.7 Å². The first-order valence-electron chi connectivity index (χ1n) is 9.03. The van der Waals surface area contributed by atoms with Crippen LogP contribution in [0.5, 0.6) is 0 Å². The molecule has 5 heteroatoms. The zero-order valence-corrected chi connectivity index (χ0v) is 15.9. The summed E-state index contributed by atoms with van der Waals surface area (Å²) in [6.45, 7) is 10.1. The van der Waals surface area contributed by atoms with Gasteiger partial charge in [0, 0.05) is 33.9 Å². The number of thioether (sulfide) groups is 1. The molecule has 24 heavy (non-hydrogen) atoms. The Kier molecular flexibility index (Phi) is 4.94. The van der Waals surface area contributed by atoms with Gasteiger partial charge >= 0.3 is 0 Å². The molecule has 1 aromatic carbocycles. The van der Waals surface area contributed by atoms with E-state index in [2.05, 4.69) is 32.6 Å².